The zero-order chi connectivity index (χ0) is 10.1. The van der Waals surface area contributed by atoms with Crippen LogP contribution in [-0.4, -0.2) is 37.6 Å². The number of amides is 2. The van der Waals surface area contributed by atoms with E-state index in [9.17, 15) is 9.59 Å². The summed E-state index contributed by atoms with van der Waals surface area (Å²) in [6.45, 7) is 5.90. The summed E-state index contributed by atoms with van der Waals surface area (Å²) in [5.74, 6) is 0. The van der Waals surface area contributed by atoms with Crippen molar-refractivity contribution in [1.29, 1.82) is 0 Å². The number of hydrogen-bond donors (Lipinski definition) is 0. The van der Waals surface area contributed by atoms with Gasteiger partial charge in [-0.1, -0.05) is 0 Å². The van der Waals surface area contributed by atoms with Gasteiger partial charge in [0, 0.05) is 0 Å². The van der Waals surface area contributed by atoms with Crippen LogP contribution in [-0.2, 0) is 4.79 Å². The van der Waals surface area contributed by atoms with Crippen molar-refractivity contribution in [3.05, 3.63) is 12.7 Å². The molecular weight excluding hydrogens is 233 g/mol. The van der Waals surface area contributed by atoms with Crippen LogP contribution in [0.1, 0.15) is 19.8 Å². The maximum atomic E-state index is 11.3. The number of hydrogen-bond acceptors (Lipinski definition) is 2. The van der Waals surface area contributed by atoms with Gasteiger partial charge in [-0.2, -0.15) is 0 Å². The van der Waals surface area contributed by atoms with Gasteiger partial charge in [-0.25, -0.2) is 0 Å². The normalized spacial score (nSPS) is 9.31. The van der Waals surface area contributed by atoms with Crippen molar-refractivity contribution >= 4 is 26.2 Å². The second kappa shape index (κ2) is 8.02. The summed E-state index contributed by atoms with van der Waals surface area (Å²) in [7, 11) is 0. The molecule has 0 saturated carbocycles. The van der Waals surface area contributed by atoms with E-state index in [0.29, 0.717) is 13.0 Å². The standard InChI is InChI=1S/C9H15NO2Se/c1-3-5-7-13-9(12)10(8-11)6-4-2/h4,8H,2-3,5-7H2,1H3. The van der Waals surface area contributed by atoms with Gasteiger partial charge in [-0.05, 0) is 0 Å². The van der Waals surface area contributed by atoms with Crippen LogP contribution >= 0.6 is 0 Å². The molecule has 0 aliphatic rings. The maximum absolute atomic E-state index is 11.3. The predicted octanol–water partition coefficient (Wildman–Crippen LogP) is 1.67. The molecule has 0 N–H and O–H groups in total. The van der Waals surface area contributed by atoms with Crippen molar-refractivity contribution < 1.29 is 9.59 Å². The molecule has 3 nitrogen and oxygen atoms in total. The summed E-state index contributed by atoms with van der Waals surface area (Å²) in [5, 5.41) is 0.920. The summed E-state index contributed by atoms with van der Waals surface area (Å²) in [6.07, 6.45) is 4.30. The van der Waals surface area contributed by atoms with E-state index in [1.807, 2.05) is 0 Å². The molecule has 13 heavy (non-hydrogen) atoms. The molecule has 0 bridgehead atoms. The van der Waals surface area contributed by atoms with Crippen molar-refractivity contribution in [2.75, 3.05) is 6.54 Å². The molecule has 0 aromatic carbocycles. The molecule has 74 valence electrons. The van der Waals surface area contributed by atoms with E-state index >= 15 is 0 Å². The van der Waals surface area contributed by atoms with Crippen LogP contribution < -0.4 is 0 Å². The van der Waals surface area contributed by atoms with E-state index in [0.717, 1.165) is 18.2 Å². The molecule has 2 amide bonds. The molecule has 0 fully saturated rings. The van der Waals surface area contributed by atoms with Gasteiger partial charge in [-0.3, -0.25) is 0 Å². The molecule has 0 saturated heterocycles. The fraction of sp³-hybridized carbons (Fsp3) is 0.556. The van der Waals surface area contributed by atoms with Crippen molar-refractivity contribution in [3.63, 3.8) is 0 Å². The van der Waals surface area contributed by atoms with E-state index in [4.69, 9.17) is 0 Å². The van der Waals surface area contributed by atoms with Crippen LogP contribution in [0.3, 0.4) is 0 Å². The monoisotopic (exact) mass is 249 g/mol. The van der Waals surface area contributed by atoms with Gasteiger partial charge < -0.3 is 0 Å². The van der Waals surface area contributed by atoms with Gasteiger partial charge in [-0.15, -0.1) is 0 Å². The topological polar surface area (TPSA) is 37.4 Å². The van der Waals surface area contributed by atoms with Crippen LogP contribution in [0.15, 0.2) is 12.7 Å². The van der Waals surface area contributed by atoms with E-state index < -0.39 is 0 Å². The predicted molar refractivity (Wildman–Crippen MR) is 53.8 cm³/mol. The number of unbranched alkanes of at least 4 members (excludes halogenated alkanes) is 1. The number of rotatable bonds is 7. The average Bonchev–Trinajstić information content (AvgIpc) is 2.14. The Balaban J connectivity index is 3.77. The first kappa shape index (κ1) is 12.4. The van der Waals surface area contributed by atoms with Crippen molar-refractivity contribution in [1.82, 2.24) is 4.90 Å². The third-order valence-corrected chi connectivity index (χ3v) is 3.46. The molecule has 0 atom stereocenters. The fourth-order valence-corrected chi connectivity index (χ4v) is 2.56. The number of carbonyl (C=O) groups excluding carboxylic acids is 2. The Morgan fingerprint density at radius 3 is 2.77 bits per heavy atom. The van der Waals surface area contributed by atoms with Gasteiger partial charge in [0.25, 0.3) is 0 Å². The van der Waals surface area contributed by atoms with E-state index in [-0.39, 0.29) is 19.8 Å². The van der Waals surface area contributed by atoms with Crippen molar-refractivity contribution in [2.45, 2.75) is 25.1 Å². The first-order valence-corrected chi connectivity index (χ1v) is 6.32. The van der Waals surface area contributed by atoms with Crippen molar-refractivity contribution in [2.24, 2.45) is 0 Å². The number of carbonyl (C=O) groups is 2. The quantitative estimate of drug-likeness (QED) is 0.297. The van der Waals surface area contributed by atoms with Gasteiger partial charge in [0.15, 0.2) is 0 Å². The molecule has 0 aliphatic carbocycles. The Morgan fingerprint density at radius 1 is 1.62 bits per heavy atom. The number of nitrogens with zero attached hydrogens (tertiary/aromatic N) is 1. The van der Waals surface area contributed by atoms with E-state index in [1.165, 1.54) is 4.90 Å². The van der Waals surface area contributed by atoms with Gasteiger partial charge in [0.1, 0.15) is 0 Å². The van der Waals surface area contributed by atoms with Gasteiger partial charge in [0.05, 0.1) is 0 Å². The van der Waals surface area contributed by atoms with Crippen LogP contribution in [0.2, 0.25) is 5.32 Å². The van der Waals surface area contributed by atoms with Crippen LogP contribution in [0.5, 0.6) is 0 Å². The van der Waals surface area contributed by atoms with Gasteiger partial charge in [0.2, 0.25) is 0 Å². The summed E-state index contributed by atoms with van der Waals surface area (Å²) >= 11 is -0.0834. The third kappa shape index (κ3) is 5.61. The minimum absolute atomic E-state index is 0.0455. The van der Waals surface area contributed by atoms with E-state index in [2.05, 4.69) is 13.5 Å². The summed E-state index contributed by atoms with van der Waals surface area (Å²) in [4.78, 5) is 22.9. The van der Waals surface area contributed by atoms with Gasteiger partial charge >= 0.3 is 84.9 Å². The Hall–Kier alpha value is -0.601. The zero-order valence-corrected chi connectivity index (χ0v) is 9.58. The Bertz CT molecular complexity index is 182. The van der Waals surface area contributed by atoms with Crippen LogP contribution in [0.4, 0.5) is 4.79 Å². The fourth-order valence-electron chi connectivity index (χ4n) is 0.686. The molecule has 0 unspecified atom stereocenters. The minimum atomic E-state index is -0.0834. The van der Waals surface area contributed by atoms with Crippen molar-refractivity contribution in [3.8, 4) is 0 Å². The van der Waals surface area contributed by atoms with E-state index in [1.54, 1.807) is 6.08 Å². The summed E-state index contributed by atoms with van der Waals surface area (Å²) in [6, 6.07) is 0. The molecule has 0 aliphatic heterocycles. The van der Waals surface area contributed by atoms with Crippen LogP contribution in [0.25, 0.3) is 0 Å². The molecule has 0 aromatic heterocycles. The third-order valence-electron chi connectivity index (χ3n) is 1.41. The Labute approximate surface area is 85.3 Å². The first-order chi connectivity index (χ1) is 6.26. The molecule has 0 rings (SSSR count). The zero-order valence-electron chi connectivity index (χ0n) is 7.86. The Morgan fingerprint density at radius 2 is 2.31 bits per heavy atom. The Kier molecular flexibility index (Phi) is 7.65. The molecule has 0 radical (unpaired) electrons. The van der Waals surface area contributed by atoms with Crippen LogP contribution in [0, 0.1) is 0 Å². The second-order valence-corrected chi connectivity index (χ2v) is 4.71. The molecular formula is C9H15NO2Se. The second-order valence-electron chi connectivity index (χ2n) is 2.51. The average molecular weight is 248 g/mol. The SMILES string of the molecule is C=CCN(C=O)C(=O)[Se]CCCC. The molecule has 0 heterocycles. The summed E-state index contributed by atoms with van der Waals surface area (Å²) < 4.78 is 0. The first-order valence-electron chi connectivity index (χ1n) is 4.25. The molecule has 0 spiro atoms. The molecule has 4 heteroatoms. The molecule has 0 aromatic rings. The summed E-state index contributed by atoms with van der Waals surface area (Å²) in [5.41, 5.74) is 0. The number of imide groups is 1.